The Hall–Kier alpha value is -2.04. The predicted molar refractivity (Wildman–Crippen MR) is 57.4 cm³/mol. The lowest BCUT2D eigenvalue weighted by Crippen LogP contribution is -1.99. The van der Waals surface area contributed by atoms with Crippen LogP contribution < -0.4 is 10.5 Å². The van der Waals surface area contributed by atoms with Crippen molar-refractivity contribution in [1.82, 2.24) is 14.5 Å². The Morgan fingerprint density at radius 3 is 2.67 bits per heavy atom. The highest BCUT2D eigenvalue weighted by Gasteiger charge is 2.12. The maximum absolute atomic E-state index is 5.87. The zero-order valence-corrected chi connectivity index (χ0v) is 8.64. The Morgan fingerprint density at radius 2 is 2.07 bits per heavy atom. The maximum Gasteiger partial charge on any atom is 0.148 e. The first kappa shape index (κ1) is 9.51. The van der Waals surface area contributed by atoms with Crippen molar-refractivity contribution in [2.75, 3.05) is 12.8 Å². The van der Waals surface area contributed by atoms with Gasteiger partial charge in [-0.25, -0.2) is 4.98 Å². The van der Waals surface area contributed by atoms with Crippen LogP contribution in [-0.4, -0.2) is 21.6 Å². The van der Waals surface area contributed by atoms with Crippen molar-refractivity contribution in [3.05, 3.63) is 24.9 Å². The number of rotatable bonds is 2. The van der Waals surface area contributed by atoms with Gasteiger partial charge < -0.3 is 15.0 Å². The predicted octanol–water partition coefficient (Wildman–Crippen LogP) is 1.07. The highest BCUT2D eigenvalue weighted by Crippen LogP contribution is 2.33. The van der Waals surface area contributed by atoms with Gasteiger partial charge in [-0.15, -0.1) is 0 Å². The van der Waals surface area contributed by atoms with Crippen LogP contribution in [0.5, 0.6) is 5.75 Å². The lowest BCUT2D eigenvalue weighted by molar-refractivity contribution is 0.414. The van der Waals surface area contributed by atoms with Crippen molar-refractivity contribution < 1.29 is 4.74 Å². The van der Waals surface area contributed by atoms with Crippen LogP contribution in [0.1, 0.15) is 0 Å². The fraction of sp³-hybridized carbons (Fsp3) is 0.200. The summed E-state index contributed by atoms with van der Waals surface area (Å²) in [6.45, 7) is 0. The third-order valence-electron chi connectivity index (χ3n) is 2.23. The van der Waals surface area contributed by atoms with Gasteiger partial charge >= 0.3 is 0 Å². The second-order valence-corrected chi connectivity index (χ2v) is 3.20. The summed E-state index contributed by atoms with van der Waals surface area (Å²) >= 11 is 0. The van der Waals surface area contributed by atoms with Gasteiger partial charge in [-0.3, -0.25) is 4.98 Å². The molecule has 78 valence electrons. The third-order valence-corrected chi connectivity index (χ3v) is 2.23. The molecule has 2 aromatic heterocycles. The first-order chi connectivity index (χ1) is 7.24. The third kappa shape index (κ3) is 1.52. The van der Waals surface area contributed by atoms with E-state index in [0.717, 1.165) is 11.3 Å². The average molecular weight is 204 g/mol. The van der Waals surface area contributed by atoms with Crippen LogP contribution in [0.15, 0.2) is 24.9 Å². The number of anilines is 1. The number of imidazole rings is 1. The van der Waals surface area contributed by atoms with Crippen molar-refractivity contribution >= 4 is 5.69 Å². The van der Waals surface area contributed by atoms with Gasteiger partial charge in [-0.05, 0) is 0 Å². The zero-order valence-electron chi connectivity index (χ0n) is 8.64. The van der Waals surface area contributed by atoms with Crippen molar-refractivity contribution in [2.24, 2.45) is 7.05 Å². The molecule has 2 heterocycles. The Kier molecular flexibility index (Phi) is 2.29. The van der Waals surface area contributed by atoms with Gasteiger partial charge in [0.15, 0.2) is 0 Å². The highest BCUT2D eigenvalue weighted by molar-refractivity contribution is 5.78. The number of nitrogen functional groups attached to an aromatic ring is 1. The van der Waals surface area contributed by atoms with Crippen molar-refractivity contribution in [3.63, 3.8) is 0 Å². The highest BCUT2D eigenvalue weighted by atomic mass is 16.5. The molecule has 0 atom stereocenters. The van der Waals surface area contributed by atoms with Crippen LogP contribution in [-0.2, 0) is 7.05 Å². The van der Waals surface area contributed by atoms with Gasteiger partial charge in [0.1, 0.15) is 5.75 Å². The molecular weight excluding hydrogens is 192 g/mol. The van der Waals surface area contributed by atoms with Gasteiger partial charge in [0.25, 0.3) is 0 Å². The second-order valence-electron chi connectivity index (χ2n) is 3.20. The Labute approximate surface area is 87.5 Å². The second kappa shape index (κ2) is 3.61. The molecule has 0 unspecified atom stereocenters. The molecule has 0 saturated heterocycles. The zero-order chi connectivity index (χ0) is 10.8. The summed E-state index contributed by atoms with van der Waals surface area (Å²) in [4.78, 5) is 8.02. The number of methoxy groups -OCH3 is 1. The lowest BCUT2D eigenvalue weighted by Gasteiger charge is -2.10. The Bertz CT molecular complexity index is 478. The Morgan fingerprint density at radius 1 is 1.27 bits per heavy atom. The van der Waals surface area contributed by atoms with Crippen LogP contribution in [0, 0.1) is 0 Å². The molecule has 5 heteroatoms. The number of ether oxygens (including phenoxy) is 1. The van der Waals surface area contributed by atoms with Crippen molar-refractivity contribution in [1.29, 1.82) is 0 Å². The minimum atomic E-state index is 0.581. The van der Waals surface area contributed by atoms with E-state index in [1.807, 2.05) is 11.6 Å². The number of nitrogens with zero attached hydrogens (tertiary/aromatic N) is 3. The molecule has 0 spiro atoms. The van der Waals surface area contributed by atoms with E-state index in [0.29, 0.717) is 11.4 Å². The fourth-order valence-corrected chi connectivity index (χ4v) is 1.48. The lowest BCUT2D eigenvalue weighted by atomic mass is 10.1. The number of hydrogen-bond acceptors (Lipinski definition) is 4. The molecule has 0 aromatic carbocycles. The first-order valence-electron chi connectivity index (χ1n) is 4.48. The molecule has 2 rings (SSSR count). The molecule has 2 N–H and O–H groups in total. The smallest absolute Gasteiger partial charge is 0.148 e. The van der Waals surface area contributed by atoms with Crippen LogP contribution in [0.25, 0.3) is 11.3 Å². The quantitative estimate of drug-likeness (QED) is 0.794. The molecule has 0 aliphatic rings. The van der Waals surface area contributed by atoms with E-state index < -0.39 is 0 Å². The van der Waals surface area contributed by atoms with Crippen LogP contribution in [0.4, 0.5) is 5.69 Å². The minimum Gasteiger partial charge on any atom is -0.494 e. The molecule has 0 aliphatic carbocycles. The molecule has 5 nitrogen and oxygen atoms in total. The number of aromatic nitrogens is 3. The van der Waals surface area contributed by atoms with Gasteiger partial charge in [0.05, 0.1) is 49.0 Å². The number of pyridine rings is 1. The van der Waals surface area contributed by atoms with E-state index in [1.165, 1.54) is 0 Å². The summed E-state index contributed by atoms with van der Waals surface area (Å²) in [5, 5.41) is 0. The van der Waals surface area contributed by atoms with Crippen LogP contribution in [0.2, 0.25) is 0 Å². The average Bonchev–Trinajstić information content (AvgIpc) is 2.64. The van der Waals surface area contributed by atoms with Crippen molar-refractivity contribution in [2.45, 2.75) is 0 Å². The summed E-state index contributed by atoms with van der Waals surface area (Å²) in [5.74, 6) is 0.651. The topological polar surface area (TPSA) is 66.0 Å². The van der Waals surface area contributed by atoms with Crippen LogP contribution in [0.3, 0.4) is 0 Å². The van der Waals surface area contributed by atoms with Gasteiger partial charge in [0, 0.05) is 7.05 Å². The first-order valence-corrected chi connectivity index (χ1v) is 4.48. The van der Waals surface area contributed by atoms with Crippen LogP contribution >= 0.6 is 0 Å². The normalized spacial score (nSPS) is 10.3. The summed E-state index contributed by atoms with van der Waals surface area (Å²) in [7, 11) is 3.50. The Balaban J connectivity index is 2.66. The molecule has 0 aliphatic heterocycles. The van der Waals surface area contributed by atoms with E-state index in [1.54, 1.807) is 32.0 Å². The number of aryl methyl sites for hydroxylation is 1. The van der Waals surface area contributed by atoms with Gasteiger partial charge in [0.2, 0.25) is 0 Å². The van der Waals surface area contributed by atoms with Gasteiger partial charge in [-0.2, -0.15) is 0 Å². The fourth-order valence-electron chi connectivity index (χ4n) is 1.48. The van der Waals surface area contributed by atoms with Crippen molar-refractivity contribution in [3.8, 4) is 17.0 Å². The van der Waals surface area contributed by atoms with Gasteiger partial charge in [-0.1, -0.05) is 0 Å². The van der Waals surface area contributed by atoms with E-state index in [9.17, 15) is 0 Å². The molecule has 0 fully saturated rings. The van der Waals surface area contributed by atoms with E-state index in [2.05, 4.69) is 9.97 Å². The van der Waals surface area contributed by atoms with E-state index in [4.69, 9.17) is 10.5 Å². The minimum absolute atomic E-state index is 0.581. The summed E-state index contributed by atoms with van der Waals surface area (Å²) < 4.78 is 7.10. The monoisotopic (exact) mass is 204 g/mol. The summed E-state index contributed by atoms with van der Waals surface area (Å²) in [6.07, 6.45) is 6.70. The molecule has 15 heavy (non-hydrogen) atoms. The summed E-state index contributed by atoms with van der Waals surface area (Å²) in [5.41, 5.74) is 8.19. The summed E-state index contributed by atoms with van der Waals surface area (Å²) in [6, 6.07) is 0. The molecule has 0 amide bonds. The molecule has 0 saturated carbocycles. The number of nitrogens with two attached hydrogens (primary N) is 1. The number of hydrogen-bond donors (Lipinski definition) is 1. The molecule has 2 aromatic rings. The molecule has 0 radical (unpaired) electrons. The molecule has 0 bridgehead atoms. The van der Waals surface area contributed by atoms with E-state index >= 15 is 0 Å². The van der Waals surface area contributed by atoms with E-state index in [-0.39, 0.29) is 0 Å². The standard InChI is InChI=1S/C10H12N4O/c1-14-6-13-4-8(14)10-7(11)3-12-5-9(10)15-2/h3-6H,11H2,1-2H3. The molecular formula is C10H12N4O. The SMILES string of the molecule is COc1cncc(N)c1-c1cncn1C. The maximum atomic E-state index is 5.87. The largest absolute Gasteiger partial charge is 0.494 e.